The third kappa shape index (κ3) is 20.6. The molecule has 626 valence electrons. The molecule has 34 heteroatoms. The summed E-state index contributed by atoms with van der Waals surface area (Å²) in [4.78, 5) is 89.1. The average Bonchev–Trinajstić information content (AvgIpc) is 1.55. The third-order valence-corrected chi connectivity index (χ3v) is 21.7. The molecule has 4 aromatic heterocycles. The van der Waals surface area contributed by atoms with Gasteiger partial charge < -0.3 is 70.4 Å². The lowest BCUT2D eigenvalue weighted by molar-refractivity contribution is -0.167. The molecule has 0 spiro atoms. The maximum Gasteiger partial charge on any atom is 0.301 e. The van der Waals surface area contributed by atoms with Crippen LogP contribution in [0.4, 0.5) is 43.4 Å². The number of carbonyl (C=O) groups is 6. The predicted octanol–water partition coefficient (Wildman–Crippen LogP) is 9.36. The van der Waals surface area contributed by atoms with Gasteiger partial charge in [-0.05, 0) is 167 Å². The minimum Gasteiger partial charge on any atom is -0.483 e. The van der Waals surface area contributed by atoms with Crippen LogP contribution in [-0.2, 0) is 35.8 Å². The number of nitrogens with one attached hydrogen (secondary N) is 3. The summed E-state index contributed by atoms with van der Waals surface area (Å²) in [5.74, 6) is -13.3. The lowest BCUT2D eigenvalue weighted by Gasteiger charge is -2.38. The molecule has 6 amide bonds. The highest BCUT2D eigenvalue weighted by Crippen LogP contribution is 2.51. The lowest BCUT2D eigenvalue weighted by atomic mass is 10.0. The minimum atomic E-state index is -3.45. The maximum absolute atomic E-state index is 14.9. The summed E-state index contributed by atoms with van der Waals surface area (Å²) in [6.45, 7) is -5.58. The predicted molar refractivity (Wildman–Crippen MR) is 423 cm³/mol. The Kier molecular flexibility index (Phi) is 26.2. The number of ether oxygens (including phenoxy) is 3. The van der Waals surface area contributed by atoms with Gasteiger partial charge >= 0.3 is 17.8 Å². The van der Waals surface area contributed by atoms with Crippen LogP contribution in [0.25, 0.3) is 33.5 Å². The number of pyridine rings is 3. The van der Waals surface area contributed by atoms with E-state index in [-0.39, 0.29) is 126 Å². The standard InChI is InChI=1S/2C30H28F2N4O5.C27H26F2N6O4/c2*31-30(32)17-36(29(40)25(38)16-37)10-8-27(30)41-26-7-6-19(11-21(26)14-33)18-3-1-5-22(12-18)35-28(39)24-13-23(24)20-4-2-9-34-15-20;1-34-13-18(12-32-34)20-10-21(20)26(38)33-19-4-6-31-22(9-19)16-2-3-23(17(8-16)11-30)39-24-5-7-35(25(37)14-36)15-27(24,28)29/h2*1-7,9,11-12,15,23-25,27,37-38H,8,10,13,16-17H2,(H,35,39);2-4,6,8-9,12-13,20-21,24,36H,5,7,10,14-15H2,1H3,(H,31,33,38)/t23-,24+,25+,27+;23-,24+,25-,27-;20-,21+,24+/m101/s1. The van der Waals surface area contributed by atoms with Crippen LogP contribution in [0.1, 0.15) is 89.7 Å². The fourth-order valence-electron chi connectivity index (χ4n) is 14.9. The van der Waals surface area contributed by atoms with Crippen molar-refractivity contribution in [3.63, 3.8) is 0 Å². The maximum atomic E-state index is 14.9. The van der Waals surface area contributed by atoms with Crippen molar-refractivity contribution in [1.82, 2.24) is 39.4 Å². The zero-order chi connectivity index (χ0) is 86.0. The van der Waals surface area contributed by atoms with Crippen LogP contribution in [0.3, 0.4) is 0 Å². The second-order valence-electron chi connectivity index (χ2n) is 30.3. The van der Waals surface area contributed by atoms with Gasteiger partial charge in [0, 0.05) is 124 Å². The molecule has 15 rings (SSSR count). The van der Waals surface area contributed by atoms with Crippen molar-refractivity contribution < 1.29 is 94.9 Å². The first-order chi connectivity index (χ1) is 58.1. The van der Waals surface area contributed by atoms with Crippen LogP contribution in [0, 0.1) is 51.7 Å². The van der Waals surface area contributed by atoms with Gasteiger partial charge in [-0.3, -0.25) is 48.4 Å². The molecule has 121 heavy (non-hydrogen) atoms. The number of likely N-dealkylation sites (tertiary alicyclic amines) is 3. The van der Waals surface area contributed by atoms with Gasteiger partial charge in [0.05, 0.1) is 61.4 Å². The Morgan fingerprint density at radius 2 is 0.868 bits per heavy atom. The van der Waals surface area contributed by atoms with Gasteiger partial charge in [0.25, 0.3) is 11.8 Å². The van der Waals surface area contributed by atoms with Crippen LogP contribution >= 0.6 is 0 Å². The van der Waals surface area contributed by atoms with E-state index in [4.69, 9.17) is 29.5 Å². The molecule has 0 unspecified atom stereocenters. The second kappa shape index (κ2) is 37.0. The normalized spacial score (nSPS) is 21.8. The number of aromatic nitrogens is 5. The highest BCUT2D eigenvalue weighted by molar-refractivity contribution is 5.97. The molecule has 6 aliphatic rings. The molecule has 0 bridgehead atoms. The molecule has 3 saturated carbocycles. The van der Waals surface area contributed by atoms with Crippen molar-refractivity contribution in [2.24, 2.45) is 24.8 Å². The van der Waals surface area contributed by atoms with Crippen LogP contribution in [0.15, 0.2) is 183 Å². The number of nitrogens with zero attached hydrogens (tertiary/aromatic N) is 11. The van der Waals surface area contributed by atoms with Crippen molar-refractivity contribution in [2.45, 2.75) is 105 Å². The van der Waals surface area contributed by atoms with E-state index in [2.05, 4.69) is 36.0 Å². The Morgan fingerprint density at radius 3 is 1.25 bits per heavy atom. The number of carbonyl (C=O) groups excluding carboxylic acids is 6. The topological polar surface area (TPSA) is 405 Å². The molecule has 28 nitrogen and oxygen atoms in total. The molecular formula is C87H82F6N14O14. The van der Waals surface area contributed by atoms with E-state index in [0.717, 1.165) is 50.7 Å². The number of piperidine rings is 3. The van der Waals surface area contributed by atoms with Crippen LogP contribution < -0.4 is 30.2 Å². The minimum absolute atomic E-state index is 0.00585. The number of nitriles is 3. The highest BCUT2D eigenvalue weighted by atomic mass is 19.3. The fourth-order valence-corrected chi connectivity index (χ4v) is 14.9. The van der Waals surface area contributed by atoms with E-state index < -0.39 is 105 Å². The van der Waals surface area contributed by atoms with E-state index in [1.807, 2.05) is 67.9 Å². The number of halogens is 6. The van der Waals surface area contributed by atoms with Crippen molar-refractivity contribution in [3.8, 4) is 69.0 Å². The smallest absolute Gasteiger partial charge is 0.301 e. The van der Waals surface area contributed by atoms with Gasteiger partial charge in [0.15, 0.2) is 30.5 Å². The van der Waals surface area contributed by atoms with Gasteiger partial charge in [-0.1, -0.05) is 48.5 Å². The van der Waals surface area contributed by atoms with E-state index in [9.17, 15) is 81.1 Å². The molecule has 3 saturated heterocycles. The molecule has 6 fully saturated rings. The molecule has 8 N–H and O–H groups in total. The zero-order valence-electron chi connectivity index (χ0n) is 64.9. The molecule has 7 heterocycles. The van der Waals surface area contributed by atoms with E-state index in [1.165, 1.54) is 42.6 Å². The summed E-state index contributed by atoms with van der Waals surface area (Å²) in [5.41, 5.74) is 8.71. The summed E-state index contributed by atoms with van der Waals surface area (Å²) in [6.07, 6.45) is 5.55. The van der Waals surface area contributed by atoms with Crippen LogP contribution in [0.2, 0.25) is 0 Å². The summed E-state index contributed by atoms with van der Waals surface area (Å²) in [7, 11) is 1.83. The Bertz CT molecular complexity index is 5240. The highest BCUT2D eigenvalue weighted by Gasteiger charge is 2.52. The first-order valence-corrected chi connectivity index (χ1v) is 38.8. The Labute approximate surface area is 689 Å². The molecule has 0 radical (unpaired) electrons. The summed E-state index contributed by atoms with van der Waals surface area (Å²) >= 11 is 0. The number of aliphatic hydroxyl groups is 5. The zero-order valence-corrected chi connectivity index (χ0v) is 64.9. The fraction of sp³-hybridized carbons (Fsp3) is 0.345. The Morgan fingerprint density at radius 1 is 0.479 bits per heavy atom. The molecule has 9 aromatic rings. The molecular weight excluding hydrogens is 1580 g/mol. The van der Waals surface area contributed by atoms with Crippen molar-refractivity contribution in [1.29, 1.82) is 15.8 Å². The number of amides is 6. The Hall–Kier alpha value is -13.2. The van der Waals surface area contributed by atoms with Gasteiger partial charge in [0.1, 0.15) is 42.1 Å². The quantitative estimate of drug-likeness (QED) is 0.0276. The number of alkyl halides is 6. The SMILES string of the molecule is Cn1cc([C@H]2C[C@@H]2C(=O)Nc2ccnc(-c3ccc(O[C@H]4CCN(C(=O)CO)CC4(F)F)c(C#N)c3)c2)cn1.N#Cc1cc(-c2cccc(NC(=O)[C@@H]3C[C@H]3c3cccnc3)c2)ccc1O[C@H]1CCN(C(=O)[C@@H](O)CO)CC1(F)F.N#Cc1cc(-c2cccc(NC(=O)[C@H]3C[C@@H]3c3cccnc3)c2)ccc1O[C@H]1CCN(C(=O)[C@@H](O)CO)CC1(F)F. The van der Waals surface area contributed by atoms with E-state index in [0.29, 0.717) is 50.6 Å². The monoisotopic (exact) mass is 1660 g/mol. The second-order valence-corrected chi connectivity index (χ2v) is 30.3. The number of rotatable bonds is 23. The van der Waals surface area contributed by atoms with Gasteiger partial charge in [-0.25, -0.2) is 26.3 Å². The number of aliphatic hydroxyl groups excluding tert-OH is 5. The lowest BCUT2D eigenvalue weighted by Crippen LogP contribution is -2.57. The van der Waals surface area contributed by atoms with Crippen molar-refractivity contribution in [3.05, 3.63) is 216 Å². The number of aryl methyl sites for hydroxylation is 1. The van der Waals surface area contributed by atoms with Crippen molar-refractivity contribution >= 4 is 52.5 Å². The first kappa shape index (κ1) is 85.7. The van der Waals surface area contributed by atoms with Gasteiger partial charge in [0.2, 0.25) is 23.6 Å². The number of hydrogen-bond donors (Lipinski definition) is 8. The summed E-state index contributed by atoms with van der Waals surface area (Å²) < 4.78 is 107. The van der Waals surface area contributed by atoms with Crippen molar-refractivity contribution in [2.75, 3.05) is 75.0 Å². The van der Waals surface area contributed by atoms with Crippen LogP contribution in [0.5, 0.6) is 17.2 Å². The number of anilines is 3. The largest absolute Gasteiger partial charge is 0.483 e. The Balaban J connectivity index is 0.000000157. The van der Waals surface area contributed by atoms with Gasteiger partial charge in [-0.2, -0.15) is 20.9 Å². The summed E-state index contributed by atoms with van der Waals surface area (Å²) in [6, 6.07) is 45.0. The van der Waals surface area contributed by atoms with E-state index >= 15 is 0 Å². The van der Waals surface area contributed by atoms with E-state index in [1.54, 1.807) is 102 Å². The number of benzene rings is 5. The van der Waals surface area contributed by atoms with Gasteiger partial charge in [-0.15, -0.1) is 0 Å². The third-order valence-electron chi connectivity index (χ3n) is 21.7. The molecule has 3 aliphatic heterocycles. The van der Waals surface area contributed by atoms with Crippen LogP contribution in [-0.4, -0.2) is 208 Å². The first-order valence-electron chi connectivity index (χ1n) is 38.8. The molecule has 5 aromatic carbocycles. The molecule has 3 aliphatic carbocycles. The summed E-state index contributed by atoms with van der Waals surface area (Å²) in [5, 5.41) is 88.0. The average molecular weight is 1660 g/mol. The number of hydrogen-bond acceptors (Lipinski definition) is 21. The molecule has 11 atom stereocenters.